The van der Waals surface area contributed by atoms with Crippen LogP contribution in [0.15, 0.2) is 51.3 Å². The molecule has 0 spiro atoms. The highest BCUT2D eigenvalue weighted by Gasteiger charge is 2.18. The summed E-state index contributed by atoms with van der Waals surface area (Å²) in [5.41, 5.74) is 1.98. The summed E-state index contributed by atoms with van der Waals surface area (Å²) in [6.07, 6.45) is 4.40. The molecule has 1 saturated heterocycles. The van der Waals surface area contributed by atoms with E-state index >= 15 is 0 Å². The van der Waals surface area contributed by atoms with Gasteiger partial charge < -0.3 is 5.32 Å². The van der Waals surface area contributed by atoms with Crippen molar-refractivity contribution in [3.63, 3.8) is 0 Å². The summed E-state index contributed by atoms with van der Waals surface area (Å²) in [5.74, 6) is 0. The molecule has 0 aromatic heterocycles. The first-order valence-corrected chi connectivity index (χ1v) is 8.86. The molecular formula is C17H20Cl2N2S. The zero-order valence-corrected chi connectivity index (χ0v) is 15.2. The average Bonchev–Trinajstić information content (AvgIpc) is 3.03. The highest BCUT2D eigenvalue weighted by molar-refractivity contribution is 8.04. The number of nitrogens with one attached hydrogen (secondary N) is 1. The van der Waals surface area contributed by atoms with Gasteiger partial charge in [0, 0.05) is 15.8 Å². The first-order valence-electron chi connectivity index (χ1n) is 7.29. The fraction of sp³-hybridized carbons (Fsp3) is 0.353. The lowest BCUT2D eigenvalue weighted by molar-refractivity contribution is 0.681. The number of allylic oxidation sites excluding steroid dienone is 2. The molecule has 0 bridgehead atoms. The van der Waals surface area contributed by atoms with Crippen molar-refractivity contribution in [1.82, 2.24) is 5.32 Å². The van der Waals surface area contributed by atoms with Crippen LogP contribution in [0.25, 0.3) is 0 Å². The minimum absolute atomic E-state index is 0.354. The van der Waals surface area contributed by atoms with E-state index in [9.17, 15) is 0 Å². The normalized spacial score (nSPS) is 19.5. The molecule has 0 aliphatic carbocycles. The van der Waals surface area contributed by atoms with Crippen LogP contribution in [0.1, 0.15) is 26.7 Å². The third-order valence-electron chi connectivity index (χ3n) is 3.56. The van der Waals surface area contributed by atoms with Gasteiger partial charge in [0.05, 0.1) is 21.5 Å². The van der Waals surface area contributed by atoms with Gasteiger partial charge >= 0.3 is 0 Å². The molecule has 1 aliphatic heterocycles. The molecule has 1 fully saturated rings. The summed E-state index contributed by atoms with van der Waals surface area (Å²) < 4.78 is 0. The second kappa shape index (κ2) is 8.21. The molecule has 1 unspecified atom stereocenters. The van der Waals surface area contributed by atoms with Crippen molar-refractivity contribution in [1.29, 1.82) is 0 Å². The third-order valence-corrected chi connectivity index (χ3v) is 5.60. The molecular weight excluding hydrogens is 335 g/mol. The Balaban J connectivity index is 2.11. The van der Waals surface area contributed by atoms with E-state index in [1.165, 1.54) is 18.2 Å². The highest BCUT2D eigenvalue weighted by Crippen LogP contribution is 2.36. The largest absolute Gasteiger partial charge is 0.309 e. The summed E-state index contributed by atoms with van der Waals surface area (Å²) in [7, 11) is 0. The predicted molar refractivity (Wildman–Crippen MR) is 99.3 cm³/mol. The Morgan fingerprint density at radius 1 is 1.45 bits per heavy atom. The van der Waals surface area contributed by atoms with E-state index in [4.69, 9.17) is 28.2 Å². The van der Waals surface area contributed by atoms with E-state index in [1.807, 2.05) is 26.0 Å². The molecule has 1 aliphatic rings. The zero-order valence-electron chi connectivity index (χ0n) is 12.8. The second-order valence-corrected chi connectivity index (χ2v) is 7.06. The Kier molecular flexibility index (Phi) is 6.57. The van der Waals surface area contributed by atoms with Gasteiger partial charge in [-0.2, -0.15) is 0 Å². The smallest absolute Gasteiger partial charge is 0.0731 e. The number of rotatable bonds is 5. The Labute approximate surface area is 146 Å². The molecule has 1 aromatic rings. The van der Waals surface area contributed by atoms with Crippen LogP contribution in [0.3, 0.4) is 0 Å². The van der Waals surface area contributed by atoms with Crippen LogP contribution in [0.4, 0.5) is 0 Å². The lowest BCUT2D eigenvalue weighted by Gasteiger charge is -2.13. The first kappa shape index (κ1) is 17.6. The number of thioether (sulfide) groups is 1. The van der Waals surface area contributed by atoms with E-state index in [2.05, 4.69) is 18.0 Å². The first-order chi connectivity index (χ1) is 10.5. The molecule has 1 atom stereocenters. The van der Waals surface area contributed by atoms with E-state index in [-0.39, 0.29) is 0 Å². The zero-order chi connectivity index (χ0) is 16.1. The predicted octanol–water partition coefficient (Wildman–Crippen LogP) is 5.72. The molecule has 118 valence electrons. The fourth-order valence-electron chi connectivity index (χ4n) is 2.31. The van der Waals surface area contributed by atoms with E-state index < -0.39 is 0 Å². The summed E-state index contributed by atoms with van der Waals surface area (Å²) in [6.45, 7) is 9.18. The van der Waals surface area contributed by atoms with Gasteiger partial charge in [0.15, 0.2) is 0 Å². The number of nitrogens with zero attached hydrogens (tertiary/aromatic N) is 1. The lowest BCUT2D eigenvalue weighted by Crippen LogP contribution is -2.23. The van der Waals surface area contributed by atoms with Gasteiger partial charge in [-0.1, -0.05) is 53.7 Å². The SMILES string of the molecule is C=C(Sc1cccc(Cl)c1Cl)C(C)=N/C(=C\C)C1CCCN1. The Bertz CT molecular complexity index is 617. The Morgan fingerprint density at radius 2 is 2.23 bits per heavy atom. The fourth-order valence-corrected chi connectivity index (χ4v) is 3.58. The topological polar surface area (TPSA) is 24.4 Å². The van der Waals surface area contributed by atoms with Crippen molar-refractivity contribution < 1.29 is 0 Å². The van der Waals surface area contributed by atoms with Crippen molar-refractivity contribution in [2.45, 2.75) is 37.6 Å². The molecule has 22 heavy (non-hydrogen) atoms. The highest BCUT2D eigenvalue weighted by atomic mass is 35.5. The van der Waals surface area contributed by atoms with Gasteiger partial charge in [0.2, 0.25) is 0 Å². The maximum Gasteiger partial charge on any atom is 0.0731 e. The molecule has 0 amide bonds. The quantitative estimate of drug-likeness (QED) is 0.540. The van der Waals surface area contributed by atoms with Gasteiger partial charge in [-0.25, -0.2) is 0 Å². The van der Waals surface area contributed by atoms with E-state index in [0.29, 0.717) is 16.1 Å². The minimum atomic E-state index is 0.354. The Hall–Kier alpha value is -0.740. The molecule has 1 aromatic carbocycles. The molecule has 2 rings (SSSR count). The average molecular weight is 355 g/mol. The summed E-state index contributed by atoms with van der Waals surface area (Å²) in [4.78, 5) is 6.52. The molecule has 2 nitrogen and oxygen atoms in total. The van der Waals surface area contributed by atoms with Crippen molar-refractivity contribution in [2.24, 2.45) is 4.99 Å². The molecule has 5 heteroatoms. The third kappa shape index (κ3) is 4.39. The number of aliphatic imine (C=N–C) groups is 1. The molecule has 1 N–H and O–H groups in total. The van der Waals surface area contributed by atoms with Crippen LogP contribution in [0.5, 0.6) is 0 Å². The van der Waals surface area contributed by atoms with Gasteiger partial charge in [-0.15, -0.1) is 0 Å². The Morgan fingerprint density at radius 3 is 2.86 bits per heavy atom. The monoisotopic (exact) mass is 354 g/mol. The van der Waals surface area contributed by atoms with E-state index in [0.717, 1.165) is 34.2 Å². The van der Waals surface area contributed by atoms with Crippen LogP contribution in [0.2, 0.25) is 10.0 Å². The number of halogens is 2. The molecule has 0 radical (unpaired) electrons. The maximum atomic E-state index is 6.22. The lowest BCUT2D eigenvalue weighted by atomic mass is 10.1. The number of benzene rings is 1. The van der Waals surface area contributed by atoms with Crippen LogP contribution in [-0.4, -0.2) is 18.3 Å². The van der Waals surface area contributed by atoms with Crippen molar-refractivity contribution in [2.75, 3.05) is 6.54 Å². The van der Waals surface area contributed by atoms with Crippen LogP contribution < -0.4 is 5.32 Å². The second-order valence-electron chi connectivity index (χ2n) is 5.14. The van der Waals surface area contributed by atoms with E-state index in [1.54, 1.807) is 6.07 Å². The van der Waals surface area contributed by atoms with Crippen molar-refractivity contribution in [3.8, 4) is 0 Å². The molecule has 1 heterocycles. The maximum absolute atomic E-state index is 6.22. The summed E-state index contributed by atoms with van der Waals surface area (Å²) >= 11 is 13.8. The van der Waals surface area contributed by atoms with Crippen molar-refractivity contribution in [3.05, 3.63) is 51.5 Å². The van der Waals surface area contributed by atoms with Gasteiger partial charge in [0.25, 0.3) is 0 Å². The van der Waals surface area contributed by atoms with Crippen molar-refractivity contribution >= 4 is 40.7 Å². The number of hydrogen-bond acceptors (Lipinski definition) is 3. The van der Waals surface area contributed by atoms with Crippen LogP contribution in [0, 0.1) is 0 Å². The number of hydrogen-bond donors (Lipinski definition) is 1. The summed E-state index contributed by atoms with van der Waals surface area (Å²) in [6, 6.07) is 5.96. The van der Waals surface area contributed by atoms with Gasteiger partial charge in [-0.3, -0.25) is 4.99 Å². The molecule has 0 saturated carbocycles. The minimum Gasteiger partial charge on any atom is -0.309 e. The van der Waals surface area contributed by atoms with Crippen LogP contribution in [-0.2, 0) is 0 Å². The summed E-state index contributed by atoms with van der Waals surface area (Å²) in [5, 5.41) is 4.58. The van der Waals surface area contributed by atoms with Crippen LogP contribution >= 0.6 is 35.0 Å². The van der Waals surface area contributed by atoms with Gasteiger partial charge in [0.1, 0.15) is 0 Å². The van der Waals surface area contributed by atoms with Gasteiger partial charge in [-0.05, 0) is 45.4 Å². The standard InChI is InChI=1S/C17H20Cl2N2S/c1-4-14(15-8-6-10-20-15)21-11(2)12(3)22-16-9-5-7-13(18)17(16)19/h4-5,7,9,15,20H,3,6,8,10H2,1-2H3/b14-4-,21-11?.